The van der Waals surface area contributed by atoms with Crippen LogP contribution in [0, 0.1) is 0 Å². The SMILES string of the molecule is COc1cc(N)ccc1N.Nc1cccc(S(=O)(=O)O)c1. The molecule has 0 spiro atoms. The van der Waals surface area contributed by atoms with Gasteiger partial charge in [-0.2, -0.15) is 8.42 Å². The van der Waals surface area contributed by atoms with Gasteiger partial charge in [0.2, 0.25) is 0 Å². The third-order valence-electron chi connectivity index (χ3n) is 2.41. The molecule has 0 aliphatic heterocycles. The van der Waals surface area contributed by atoms with Crippen molar-refractivity contribution in [2.45, 2.75) is 4.90 Å². The average molecular weight is 311 g/mol. The van der Waals surface area contributed by atoms with Crippen molar-refractivity contribution in [2.24, 2.45) is 0 Å². The van der Waals surface area contributed by atoms with E-state index < -0.39 is 10.1 Å². The lowest BCUT2D eigenvalue weighted by molar-refractivity contribution is 0.417. The molecule has 2 aromatic carbocycles. The highest BCUT2D eigenvalue weighted by Gasteiger charge is 2.07. The molecule has 0 unspecified atom stereocenters. The van der Waals surface area contributed by atoms with Crippen molar-refractivity contribution in [3.8, 4) is 5.75 Å². The molecule has 2 rings (SSSR count). The van der Waals surface area contributed by atoms with Gasteiger partial charge in [-0.15, -0.1) is 0 Å². The molecular formula is C13H17N3O4S. The Labute approximate surface area is 123 Å². The number of hydrogen-bond donors (Lipinski definition) is 4. The highest BCUT2D eigenvalue weighted by Crippen LogP contribution is 2.22. The van der Waals surface area contributed by atoms with Gasteiger partial charge in [-0.05, 0) is 30.3 Å². The third kappa shape index (κ3) is 5.21. The highest BCUT2D eigenvalue weighted by atomic mass is 32.2. The second-order valence-electron chi connectivity index (χ2n) is 4.05. The third-order valence-corrected chi connectivity index (χ3v) is 3.26. The normalized spacial score (nSPS) is 10.4. The molecule has 8 heteroatoms. The summed E-state index contributed by atoms with van der Waals surface area (Å²) in [5.74, 6) is 0.625. The zero-order valence-corrected chi connectivity index (χ0v) is 12.2. The number of methoxy groups -OCH3 is 1. The number of ether oxygens (including phenoxy) is 1. The number of anilines is 3. The fourth-order valence-electron chi connectivity index (χ4n) is 1.40. The van der Waals surface area contributed by atoms with Crippen molar-refractivity contribution >= 4 is 27.2 Å². The van der Waals surface area contributed by atoms with Gasteiger partial charge in [-0.25, -0.2) is 0 Å². The predicted molar refractivity (Wildman–Crippen MR) is 82.5 cm³/mol. The zero-order chi connectivity index (χ0) is 16.0. The Hall–Kier alpha value is -2.45. The van der Waals surface area contributed by atoms with Crippen LogP contribution in [0.15, 0.2) is 47.4 Å². The molecule has 114 valence electrons. The smallest absolute Gasteiger partial charge is 0.294 e. The standard InChI is InChI=1S/C7H10N2O.C6H7NO3S/c1-10-7-4-5(8)2-3-6(7)9;7-5-2-1-3-6(4-5)11(8,9)10/h2-4H,8-9H2,1H3;1-4H,7H2,(H,8,9,10). The van der Waals surface area contributed by atoms with Gasteiger partial charge in [0, 0.05) is 17.4 Å². The van der Waals surface area contributed by atoms with E-state index in [-0.39, 0.29) is 4.90 Å². The molecule has 0 amide bonds. The Morgan fingerprint density at radius 2 is 1.62 bits per heavy atom. The molecule has 0 fully saturated rings. The molecule has 0 atom stereocenters. The Bertz CT molecular complexity index is 717. The first-order valence-corrected chi connectivity index (χ1v) is 7.20. The van der Waals surface area contributed by atoms with Gasteiger partial charge in [0.15, 0.2) is 0 Å². The number of rotatable bonds is 2. The Morgan fingerprint density at radius 1 is 1.00 bits per heavy atom. The molecule has 0 aromatic heterocycles. The van der Waals surface area contributed by atoms with Gasteiger partial charge in [0.1, 0.15) is 5.75 Å². The van der Waals surface area contributed by atoms with Gasteiger partial charge >= 0.3 is 0 Å². The molecule has 0 bridgehead atoms. The lowest BCUT2D eigenvalue weighted by atomic mass is 10.3. The Kier molecular flexibility index (Phi) is 5.39. The van der Waals surface area contributed by atoms with Gasteiger partial charge in [-0.1, -0.05) is 6.07 Å². The molecule has 0 aliphatic rings. The first-order chi connectivity index (χ1) is 9.74. The molecule has 0 saturated carbocycles. The summed E-state index contributed by atoms with van der Waals surface area (Å²) in [5, 5.41) is 0. The van der Waals surface area contributed by atoms with Crippen LogP contribution in [0.3, 0.4) is 0 Å². The minimum Gasteiger partial charge on any atom is -0.495 e. The van der Waals surface area contributed by atoms with Crippen LogP contribution in [-0.4, -0.2) is 20.1 Å². The number of benzene rings is 2. The summed E-state index contributed by atoms with van der Waals surface area (Å²) < 4.78 is 34.4. The molecule has 7 nitrogen and oxygen atoms in total. The maximum Gasteiger partial charge on any atom is 0.294 e. The van der Waals surface area contributed by atoms with E-state index in [1.165, 1.54) is 24.3 Å². The summed E-state index contributed by atoms with van der Waals surface area (Å²) in [5.41, 5.74) is 17.8. The fraction of sp³-hybridized carbons (Fsp3) is 0.0769. The molecule has 0 aliphatic carbocycles. The van der Waals surface area contributed by atoms with Crippen molar-refractivity contribution in [1.29, 1.82) is 0 Å². The summed E-state index contributed by atoms with van der Waals surface area (Å²) in [6.07, 6.45) is 0. The summed E-state index contributed by atoms with van der Waals surface area (Å²) >= 11 is 0. The van der Waals surface area contributed by atoms with Crippen LogP contribution in [-0.2, 0) is 10.1 Å². The molecule has 7 N–H and O–H groups in total. The van der Waals surface area contributed by atoms with Crippen molar-refractivity contribution in [3.05, 3.63) is 42.5 Å². The minimum absolute atomic E-state index is 0.183. The molecule has 21 heavy (non-hydrogen) atoms. The predicted octanol–water partition coefficient (Wildman–Crippen LogP) is 1.38. The molecule has 2 aromatic rings. The van der Waals surface area contributed by atoms with Gasteiger partial charge in [0.05, 0.1) is 17.7 Å². The molecular weight excluding hydrogens is 294 g/mol. The van der Waals surface area contributed by atoms with E-state index in [1.807, 2.05) is 0 Å². The monoisotopic (exact) mass is 311 g/mol. The van der Waals surface area contributed by atoms with E-state index in [9.17, 15) is 8.42 Å². The first-order valence-electron chi connectivity index (χ1n) is 5.76. The van der Waals surface area contributed by atoms with E-state index in [0.717, 1.165) is 0 Å². The zero-order valence-electron chi connectivity index (χ0n) is 11.4. The summed E-state index contributed by atoms with van der Waals surface area (Å²) in [6, 6.07) is 10.6. The van der Waals surface area contributed by atoms with Gasteiger partial charge < -0.3 is 21.9 Å². The van der Waals surface area contributed by atoms with Crippen LogP contribution in [0.5, 0.6) is 5.75 Å². The highest BCUT2D eigenvalue weighted by molar-refractivity contribution is 7.85. The fourth-order valence-corrected chi connectivity index (χ4v) is 1.94. The lowest BCUT2D eigenvalue weighted by Gasteiger charge is -2.03. The minimum atomic E-state index is -4.11. The summed E-state index contributed by atoms with van der Waals surface area (Å²) in [4.78, 5) is -0.183. The second kappa shape index (κ2) is 6.82. The van der Waals surface area contributed by atoms with Crippen molar-refractivity contribution in [3.63, 3.8) is 0 Å². The lowest BCUT2D eigenvalue weighted by Crippen LogP contribution is -1.98. The number of hydrogen-bond acceptors (Lipinski definition) is 6. The van der Waals surface area contributed by atoms with E-state index in [1.54, 1.807) is 25.3 Å². The average Bonchev–Trinajstić information content (AvgIpc) is 2.41. The number of nitrogen functional groups attached to an aromatic ring is 3. The Morgan fingerprint density at radius 3 is 2.05 bits per heavy atom. The van der Waals surface area contributed by atoms with Gasteiger partial charge in [-0.3, -0.25) is 4.55 Å². The molecule has 0 saturated heterocycles. The maximum absolute atomic E-state index is 10.5. The molecule has 0 radical (unpaired) electrons. The van der Waals surface area contributed by atoms with Crippen LogP contribution < -0.4 is 21.9 Å². The van der Waals surface area contributed by atoms with Crippen LogP contribution in [0.4, 0.5) is 17.1 Å². The van der Waals surface area contributed by atoms with Crippen molar-refractivity contribution < 1.29 is 17.7 Å². The van der Waals surface area contributed by atoms with E-state index >= 15 is 0 Å². The van der Waals surface area contributed by atoms with E-state index in [4.69, 9.17) is 26.5 Å². The topological polar surface area (TPSA) is 142 Å². The largest absolute Gasteiger partial charge is 0.495 e. The first kappa shape index (κ1) is 16.6. The van der Waals surface area contributed by atoms with Crippen LogP contribution in [0.2, 0.25) is 0 Å². The van der Waals surface area contributed by atoms with Crippen LogP contribution in [0.1, 0.15) is 0 Å². The maximum atomic E-state index is 10.5. The summed E-state index contributed by atoms with van der Waals surface area (Å²) in [7, 11) is -2.54. The van der Waals surface area contributed by atoms with E-state index in [2.05, 4.69) is 0 Å². The van der Waals surface area contributed by atoms with Crippen LogP contribution >= 0.6 is 0 Å². The molecule has 0 heterocycles. The quantitative estimate of drug-likeness (QED) is 0.484. The van der Waals surface area contributed by atoms with Crippen molar-refractivity contribution in [1.82, 2.24) is 0 Å². The Balaban J connectivity index is 0.000000211. The summed E-state index contributed by atoms with van der Waals surface area (Å²) in [6.45, 7) is 0. The van der Waals surface area contributed by atoms with Crippen LogP contribution in [0.25, 0.3) is 0 Å². The number of nitrogens with two attached hydrogens (primary N) is 3. The van der Waals surface area contributed by atoms with Crippen molar-refractivity contribution in [2.75, 3.05) is 24.3 Å². The van der Waals surface area contributed by atoms with E-state index in [0.29, 0.717) is 22.8 Å². The second-order valence-corrected chi connectivity index (χ2v) is 5.47. The van der Waals surface area contributed by atoms with Gasteiger partial charge in [0.25, 0.3) is 10.1 Å².